The molecule has 4 heterocycles. The molecule has 4 atom stereocenters. The number of halogens is 1. The van der Waals surface area contributed by atoms with Crippen LogP contribution in [0.5, 0.6) is 0 Å². The van der Waals surface area contributed by atoms with Gasteiger partial charge in [0.05, 0.1) is 23.7 Å². The van der Waals surface area contributed by atoms with E-state index in [0.29, 0.717) is 17.7 Å². The van der Waals surface area contributed by atoms with Crippen LogP contribution in [0.1, 0.15) is 11.8 Å². The first kappa shape index (κ1) is 24.9. The largest absolute Gasteiger partial charge is 0.387 e. The minimum absolute atomic E-state index is 0.0686. The minimum atomic E-state index is -4.39. The van der Waals surface area contributed by atoms with Crippen molar-refractivity contribution in [2.75, 3.05) is 18.3 Å². The van der Waals surface area contributed by atoms with Crippen molar-refractivity contribution in [2.45, 2.75) is 31.1 Å². The number of nitrogens with zero attached hydrogens (tertiary/aromatic N) is 5. The van der Waals surface area contributed by atoms with Crippen molar-refractivity contribution in [3.63, 3.8) is 0 Å². The van der Waals surface area contributed by atoms with Crippen molar-refractivity contribution in [1.29, 1.82) is 0 Å². The van der Waals surface area contributed by atoms with Crippen LogP contribution >= 0.6 is 19.2 Å². The van der Waals surface area contributed by atoms with E-state index >= 15 is 0 Å². The summed E-state index contributed by atoms with van der Waals surface area (Å²) < 4.78 is 22.9. The van der Waals surface area contributed by atoms with Gasteiger partial charge in [0.25, 0.3) is 0 Å². The summed E-state index contributed by atoms with van der Waals surface area (Å²) in [7, 11) is -4.39. The Morgan fingerprint density at radius 3 is 2.78 bits per heavy atom. The molecule has 0 aliphatic carbocycles. The first-order valence-electron chi connectivity index (χ1n) is 10.8. The van der Waals surface area contributed by atoms with Crippen LogP contribution in [0.2, 0.25) is 5.28 Å². The summed E-state index contributed by atoms with van der Waals surface area (Å²) in [5, 5.41) is 29.9. The van der Waals surface area contributed by atoms with E-state index in [0.717, 1.165) is 16.5 Å². The number of hydrogen-bond donors (Lipinski definition) is 5. The summed E-state index contributed by atoms with van der Waals surface area (Å²) in [4.78, 5) is 30.7. The molecule has 190 valence electrons. The fourth-order valence-corrected chi connectivity index (χ4v) is 4.58. The lowest BCUT2D eigenvalue weighted by atomic mass is 10.1. The van der Waals surface area contributed by atoms with Crippen molar-refractivity contribution >= 4 is 47.0 Å². The highest BCUT2D eigenvalue weighted by Crippen LogP contribution is 2.36. The van der Waals surface area contributed by atoms with Gasteiger partial charge in [-0.25, -0.2) is 4.68 Å². The highest BCUT2D eigenvalue weighted by molar-refractivity contribution is 7.51. The molecule has 3 aromatic heterocycles. The zero-order chi connectivity index (χ0) is 25.4. The van der Waals surface area contributed by atoms with E-state index in [4.69, 9.17) is 30.9 Å². The van der Waals surface area contributed by atoms with Gasteiger partial charge in [-0.15, -0.1) is 0 Å². The van der Waals surface area contributed by atoms with E-state index in [2.05, 4.69) is 25.4 Å². The lowest BCUT2D eigenvalue weighted by Crippen LogP contribution is -2.34. The second-order valence-corrected chi connectivity index (χ2v) is 10.1. The first-order valence-corrected chi connectivity index (χ1v) is 13.0. The Kier molecular flexibility index (Phi) is 6.90. The Morgan fingerprint density at radius 1 is 1.14 bits per heavy atom. The molecule has 1 saturated heterocycles. The molecule has 5 N–H and O–H groups in total. The lowest BCUT2D eigenvalue weighted by Gasteiger charge is -2.16. The van der Waals surface area contributed by atoms with Crippen LogP contribution in [-0.4, -0.2) is 76.0 Å². The monoisotopic (exact) mass is 536 g/mol. The van der Waals surface area contributed by atoms with Crippen molar-refractivity contribution in [3.8, 4) is 0 Å². The van der Waals surface area contributed by atoms with Crippen LogP contribution in [-0.2, 0) is 20.6 Å². The van der Waals surface area contributed by atoms with Crippen LogP contribution < -0.4 is 5.32 Å². The molecular weight excluding hydrogens is 515 g/mol. The summed E-state index contributed by atoms with van der Waals surface area (Å²) in [6.45, 7) is 0.0678. The van der Waals surface area contributed by atoms with Crippen LogP contribution in [0, 0.1) is 0 Å². The zero-order valence-electron chi connectivity index (χ0n) is 18.5. The molecule has 5 rings (SSSR count). The van der Waals surface area contributed by atoms with Gasteiger partial charge in [-0.3, -0.25) is 9.55 Å². The van der Waals surface area contributed by atoms with Gasteiger partial charge in [0.1, 0.15) is 30.5 Å². The second-order valence-electron chi connectivity index (χ2n) is 8.22. The Labute approximate surface area is 208 Å². The summed E-state index contributed by atoms with van der Waals surface area (Å²) in [5.41, 5.74) is 2.11. The third-order valence-corrected chi connectivity index (χ3v) is 6.42. The molecule has 13 nitrogen and oxygen atoms in total. The molecule has 1 aliphatic rings. The number of rotatable bonds is 8. The molecule has 0 amide bonds. The van der Waals surface area contributed by atoms with E-state index in [-0.39, 0.29) is 17.5 Å². The third kappa shape index (κ3) is 5.05. The van der Waals surface area contributed by atoms with E-state index in [1.165, 1.54) is 10.9 Å². The smallest absolute Gasteiger partial charge is 0.350 e. The number of hydrogen-bond acceptors (Lipinski definition) is 10. The Hall–Kier alpha value is -2.74. The molecule has 0 unspecified atom stereocenters. The SMILES string of the molecule is O=P(O)(O)COC[C@H]1O[C@@H](n2ncc3c(NCc4cccc5ncccc45)nc(Cl)nc32)[C@H](O)[C@@H]1O. The van der Waals surface area contributed by atoms with E-state index in [9.17, 15) is 14.8 Å². The lowest BCUT2D eigenvalue weighted by molar-refractivity contribution is -0.0658. The molecule has 0 bridgehead atoms. The average molecular weight is 537 g/mol. The van der Waals surface area contributed by atoms with Crippen molar-refractivity contribution in [1.82, 2.24) is 24.7 Å². The maximum absolute atomic E-state index is 11.0. The molecule has 1 aliphatic heterocycles. The Bertz CT molecular complexity index is 1440. The van der Waals surface area contributed by atoms with E-state index < -0.39 is 38.5 Å². The van der Waals surface area contributed by atoms with Gasteiger partial charge in [-0.2, -0.15) is 15.1 Å². The van der Waals surface area contributed by atoms with Crippen molar-refractivity contribution < 1.29 is 34.0 Å². The van der Waals surface area contributed by atoms with Gasteiger partial charge in [-0.05, 0) is 29.3 Å². The van der Waals surface area contributed by atoms with Crippen LogP contribution in [0.25, 0.3) is 21.9 Å². The molecule has 36 heavy (non-hydrogen) atoms. The first-order chi connectivity index (χ1) is 17.2. The molecule has 1 aromatic carbocycles. The predicted octanol–water partition coefficient (Wildman–Crippen LogP) is 1.41. The van der Waals surface area contributed by atoms with Crippen LogP contribution in [0.15, 0.2) is 42.7 Å². The van der Waals surface area contributed by atoms with Gasteiger partial charge >= 0.3 is 7.60 Å². The van der Waals surface area contributed by atoms with Crippen molar-refractivity contribution in [2.24, 2.45) is 0 Å². The number of aromatic nitrogens is 5. The number of pyridine rings is 1. The highest BCUT2D eigenvalue weighted by Gasteiger charge is 2.45. The Morgan fingerprint density at radius 2 is 1.97 bits per heavy atom. The fraction of sp³-hybridized carbons (Fsp3) is 0.333. The van der Waals surface area contributed by atoms with E-state index in [1.807, 2.05) is 30.3 Å². The van der Waals surface area contributed by atoms with E-state index in [1.54, 1.807) is 6.20 Å². The van der Waals surface area contributed by atoms with Gasteiger partial charge < -0.3 is 34.8 Å². The summed E-state index contributed by atoms with van der Waals surface area (Å²) in [5.74, 6) is 0.409. The third-order valence-electron chi connectivity index (χ3n) is 5.73. The quantitative estimate of drug-likeness (QED) is 0.161. The standard InChI is InChI=1S/C21H22ClN6O7P/c22-21-26-18(24-7-11-3-1-5-14-12(11)4-2-6-23-14)13-8-25-28(19(13)27-21)20-17(30)16(29)15(35-20)9-34-10-36(31,32)33/h1-6,8,15-17,20,29-30H,7,9-10H2,(H,24,26,27)(H2,31,32,33)/t15-,16-,17-,20-/m1/s1. The normalized spacial score (nSPS) is 22.5. The number of nitrogens with one attached hydrogen (secondary N) is 1. The fourth-order valence-electron chi connectivity index (χ4n) is 4.08. The van der Waals surface area contributed by atoms with Crippen LogP contribution in [0.4, 0.5) is 5.82 Å². The topological polar surface area (TPSA) is 185 Å². The molecule has 0 spiro atoms. The number of aliphatic hydroxyl groups is 2. The predicted molar refractivity (Wildman–Crippen MR) is 128 cm³/mol. The molecule has 15 heteroatoms. The molecule has 0 saturated carbocycles. The summed E-state index contributed by atoms with van der Waals surface area (Å²) >= 11 is 6.18. The summed E-state index contributed by atoms with van der Waals surface area (Å²) in [6.07, 6.45) is -2.62. The minimum Gasteiger partial charge on any atom is -0.387 e. The number of fused-ring (bicyclic) bond motifs is 2. The van der Waals surface area contributed by atoms with Crippen LogP contribution in [0.3, 0.4) is 0 Å². The average Bonchev–Trinajstić information content (AvgIpc) is 3.37. The Balaban J connectivity index is 1.38. The molecule has 0 radical (unpaired) electrons. The number of benzene rings is 1. The number of ether oxygens (including phenoxy) is 2. The van der Waals surface area contributed by atoms with Gasteiger partial charge in [0.15, 0.2) is 11.9 Å². The van der Waals surface area contributed by atoms with Gasteiger partial charge in [0, 0.05) is 18.1 Å². The maximum atomic E-state index is 11.0. The molecule has 4 aromatic rings. The maximum Gasteiger partial charge on any atom is 0.350 e. The summed E-state index contributed by atoms with van der Waals surface area (Å²) in [6, 6.07) is 9.65. The second kappa shape index (κ2) is 9.96. The number of aliphatic hydroxyl groups excluding tert-OH is 2. The molecule has 1 fully saturated rings. The van der Waals surface area contributed by atoms with Crippen molar-refractivity contribution in [3.05, 3.63) is 53.6 Å². The number of anilines is 1. The zero-order valence-corrected chi connectivity index (χ0v) is 20.2. The highest BCUT2D eigenvalue weighted by atomic mass is 35.5. The molecular formula is C21H22ClN6O7P. The van der Waals surface area contributed by atoms with Gasteiger partial charge in [-0.1, -0.05) is 18.2 Å². The van der Waals surface area contributed by atoms with Gasteiger partial charge in [0.2, 0.25) is 5.28 Å².